The number of benzene rings is 1. The summed E-state index contributed by atoms with van der Waals surface area (Å²) >= 11 is 0. The van der Waals surface area contributed by atoms with Gasteiger partial charge in [-0.1, -0.05) is 38.5 Å². The van der Waals surface area contributed by atoms with Gasteiger partial charge in [0.2, 0.25) is 5.88 Å². The molecule has 1 heterocycles. The molecule has 4 nitrogen and oxygen atoms in total. The number of aryl methyl sites for hydroxylation is 1. The Hall–Kier alpha value is -2.54. The van der Waals surface area contributed by atoms with E-state index in [2.05, 4.69) is 31.8 Å². The number of hydrogen-bond donors (Lipinski definition) is 1. The van der Waals surface area contributed by atoms with Crippen LogP contribution in [0.25, 0.3) is 0 Å². The molecule has 4 heteroatoms. The van der Waals surface area contributed by atoms with E-state index >= 15 is 0 Å². The van der Waals surface area contributed by atoms with E-state index in [1.165, 1.54) is 11.8 Å². The van der Waals surface area contributed by atoms with Crippen molar-refractivity contribution in [1.29, 1.82) is 5.26 Å². The fourth-order valence-corrected chi connectivity index (χ4v) is 2.04. The highest BCUT2D eigenvalue weighted by molar-refractivity contribution is 5.54. The Balaban J connectivity index is 2.43. The van der Waals surface area contributed by atoms with Crippen LogP contribution in [0.4, 0.5) is 5.69 Å². The SMILES string of the molecule is Cc1ccc(Oc2ncc(C#N)cc2N)c(C(C)(C)C)c1. The highest BCUT2D eigenvalue weighted by Gasteiger charge is 2.20. The second-order valence-electron chi connectivity index (χ2n) is 6.08. The molecule has 0 aliphatic rings. The van der Waals surface area contributed by atoms with Gasteiger partial charge < -0.3 is 10.5 Å². The average molecular weight is 281 g/mol. The Kier molecular flexibility index (Phi) is 3.86. The van der Waals surface area contributed by atoms with Crippen molar-refractivity contribution in [1.82, 2.24) is 4.98 Å². The molecule has 2 N–H and O–H groups in total. The Labute approximate surface area is 125 Å². The largest absolute Gasteiger partial charge is 0.437 e. The maximum atomic E-state index is 8.84. The number of hydrogen-bond acceptors (Lipinski definition) is 4. The van der Waals surface area contributed by atoms with Crippen LogP contribution in [0, 0.1) is 18.3 Å². The molecule has 0 bridgehead atoms. The molecule has 2 rings (SSSR count). The van der Waals surface area contributed by atoms with Crippen LogP contribution in [0.2, 0.25) is 0 Å². The van der Waals surface area contributed by atoms with Gasteiger partial charge in [0.05, 0.1) is 11.3 Å². The van der Waals surface area contributed by atoms with Crippen LogP contribution in [-0.4, -0.2) is 4.98 Å². The minimum Gasteiger partial charge on any atom is -0.437 e. The summed E-state index contributed by atoms with van der Waals surface area (Å²) in [4.78, 5) is 4.12. The van der Waals surface area contributed by atoms with Crippen molar-refractivity contribution in [2.24, 2.45) is 0 Å². The van der Waals surface area contributed by atoms with Gasteiger partial charge in [0.15, 0.2) is 0 Å². The first-order valence-electron chi connectivity index (χ1n) is 6.76. The number of rotatable bonds is 2. The van der Waals surface area contributed by atoms with Crippen molar-refractivity contribution >= 4 is 5.69 Å². The molecule has 0 spiro atoms. The van der Waals surface area contributed by atoms with Crippen LogP contribution in [0.1, 0.15) is 37.5 Å². The Morgan fingerprint density at radius 1 is 1.24 bits per heavy atom. The van der Waals surface area contributed by atoms with E-state index in [4.69, 9.17) is 15.7 Å². The molecule has 0 amide bonds. The number of anilines is 1. The lowest BCUT2D eigenvalue weighted by atomic mass is 9.85. The molecular weight excluding hydrogens is 262 g/mol. The molecular formula is C17H19N3O. The number of pyridine rings is 1. The zero-order valence-corrected chi connectivity index (χ0v) is 12.8. The predicted molar refractivity (Wildman–Crippen MR) is 83.3 cm³/mol. The molecule has 0 unspecified atom stereocenters. The number of nitrogens with two attached hydrogens (primary N) is 1. The van der Waals surface area contributed by atoms with Gasteiger partial charge in [-0.25, -0.2) is 4.98 Å². The first kappa shape index (κ1) is 14.9. The van der Waals surface area contributed by atoms with Crippen molar-refractivity contribution in [3.05, 3.63) is 47.2 Å². The van der Waals surface area contributed by atoms with Crippen molar-refractivity contribution in [2.75, 3.05) is 5.73 Å². The van der Waals surface area contributed by atoms with E-state index in [9.17, 15) is 0 Å². The zero-order valence-electron chi connectivity index (χ0n) is 12.8. The Morgan fingerprint density at radius 2 is 1.95 bits per heavy atom. The highest BCUT2D eigenvalue weighted by atomic mass is 16.5. The third-order valence-corrected chi connectivity index (χ3v) is 3.16. The van der Waals surface area contributed by atoms with E-state index in [1.807, 2.05) is 25.1 Å². The van der Waals surface area contributed by atoms with Crippen LogP contribution < -0.4 is 10.5 Å². The van der Waals surface area contributed by atoms with Gasteiger partial charge in [-0.15, -0.1) is 0 Å². The highest BCUT2D eigenvalue weighted by Crippen LogP contribution is 2.35. The quantitative estimate of drug-likeness (QED) is 0.905. The second kappa shape index (κ2) is 5.45. The maximum absolute atomic E-state index is 8.84. The van der Waals surface area contributed by atoms with E-state index in [-0.39, 0.29) is 5.41 Å². The summed E-state index contributed by atoms with van der Waals surface area (Å²) in [7, 11) is 0. The monoisotopic (exact) mass is 281 g/mol. The van der Waals surface area contributed by atoms with Gasteiger partial charge in [0, 0.05) is 11.8 Å². The number of nitriles is 1. The third-order valence-electron chi connectivity index (χ3n) is 3.16. The zero-order chi connectivity index (χ0) is 15.6. The number of nitrogens with zero attached hydrogens (tertiary/aromatic N) is 2. The first-order valence-corrected chi connectivity index (χ1v) is 6.76. The minimum atomic E-state index is -0.0529. The van der Waals surface area contributed by atoms with Crippen LogP contribution in [0.5, 0.6) is 11.6 Å². The smallest absolute Gasteiger partial charge is 0.242 e. The van der Waals surface area contributed by atoms with Crippen molar-refractivity contribution in [3.8, 4) is 17.7 Å². The van der Waals surface area contributed by atoms with Gasteiger partial charge in [-0.05, 0) is 24.5 Å². The molecule has 0 radical (unpaired) electrons. The van der Waals surface area contributed by atoms with Gasteiger partial charge in [-0.2, -0.15) is 5.26 Å². The summed E-state index contributed by atoms with van der Waals surface area (Å²) in [6, 6.07) is 9.59. The first-order chi connectivity index (χ1) is 9.81. The van der Waals surface area contributed by atoms with Gasteiger partial charge in [0.25, 0.3) is 0 Å². The normalized spacial score (nSPS) is 11.0. The second-order valence-corrected chi connectivity index (χ2v) is 6.08. The summed E-state index contributed by atoms with van der Waals surface area (Å²) in [6.07, 6.45) is 1.46. The Morgan fingerprint density at radius 3 is 2.52 bits per heavy atom. The summed E-state index contributed by atoms with van der Waals surface area (Å²) in [6.45, 7) is 8.44. The maximum Gasteiger partial charge on any atom is 0.242 e. The van der Waals surface area contributed by atoms with Crippen LogP contribution in [0.15, 0.2) is 30.5 Å². The van der Waals surface area contributed by atoms with Crippen molar-refractivity contribution in [2.45, 2.75) is 33.1 Å². The molecule has 21 heavy (non-hydrogen) atoms. The molecule has 108 valence electrons. The summed E-state index contributed by atoms with van der Waals surface area (Å²) in [5.74, 6) is 1.06. The summed E-state index contributed by atoms with van der Waals surface area (Å²) in [5, 5.41) is 8.84. The molecule has 0 fully saturated rings. The van der Waals surface area contributed by atoms with E-state index in [0.717, 1.165) is 11.3 Å². The molecule has 1 aromatic heterocycles. The molecule has 0 saturated carbocycles. The standard InChI is InChI=1S/C17H19N3O/c1-11-5-6-15(13(7-11)17(2,3)4)21-16-14(19)8-12(9-18)10-20-16/h5-8,10H,19H2,1-4H3. The molecule has 0 aliphatic carbocycles. The molecule has 0 saturated heterocycles. The van der Waals surface area contributed by atoms with Gasteiger partial charge >= 0.3 is 0 Å². The molecule has 0 aliphatic heterocycles. The number of nitrogen functional groups attached to an aromatic ring is 1. The number of ether oxygens (including phenoxy) is 1. The molecule has 0 atom stereocenters. The van der Waals surface area contributed by atoms with Crippen LogP contribution >= 0.6 is 0 Å². The van der Waals surface area contributed by atoms with Crippen molar-refractivity contribution < 1.29 is 4.74 Å². The van der Waals surface area contributed by atoms with Gasteiger partial charge in [-0.3, -0.25) is 0 Å². The van der Waals surface area contributed by atoms with E-state index in [0.29, 0.717) is 17.1 Å². The van der Waals surface area contributed by atoms with Crippen LogP contribution in [0.3, 0.4) is 0 Å². The topological polar surface area (TPSA) is 71.9 Å². The van der Waals surface area contributed by atoms with E-state index < -0.39 is 0 Å². The van der Waals surface area contributed by atoms with E-state index in [1.54, 1.807) is 6.07 Å². The lowest BCUT2D eigenvalue weighted by Crippen LogP contribution is -2.13. The predicted octanol–water partition coefficient (Wildman–Crippen LogP) is 3.93. The third kappa shape index (κ3) is 3.32. The lowest BCUT2D eigenvalue weighted by Gasteiger charge is -2.23. The van der Waals surface area contributed by atoms with Gasteiger partial charge in [0.1, 0.15) is 11.8 Å². The van der Waals surface area contributed by atoms with Crippen molar-refractivity contribution in [3.63, 3.8) is 0 Å². The van der Waals surface area contributed by atoms with Crippen LogP contribution in [-0.2, 0) is 5.41 Å². The Bertz CT molecular complexity index is 709. The number of aromatic nitrogens is 1. The molecule has 2 aromatic rings. The fourth-order valence-electron chi connectivity index (χ4n) is 2.04. The fraction of sp³-hybridized carbons (Fsp3) is 0.294. The average Bonchev–Trinajstić information content (AvgIpc) is 2.41. The summed E-state index contributed by atoms with van der Waals surface area (Å²) < 4.78 is 5.88. The summed E-state index contributed by atoms with van der Waals surface area (Å²) in [5.41, 5.74) is 8.88. The molecule has 1 aromatic carbocycles. The minimum absolute atomic E-state index is 0.0529. The lowest BCUT2D eigenvalue weighted by molar-refractivity contribution is 0.441.